The zero-order valence-electron chi connectivity index (χ0n) is 13.1. The number of benzene rings is 1. The molecule has 0 amide bonds. The molecule has 0 aromatic heterocycles. The molecule has 1 fully saturated rings. The third kappa shape index (κ3) is 5.61. The molecule has 1 aromatic carbocycles. The maximum absolute atomic E-state index is 10.6. The lowest BCUT2D eigenvalue weighted by molar-refractivity contribution is -0.137. The van der Waals surface area contributed by atoms with E-state index in [0.717, 1.165) is 36.2 Å². The molecule has 0 heterocycles. The van der Waals surface area contributed by atoms with Crippen molar-refractivity contribution in [2.24, 2.45) is 0 Å². The number of ether oxygens (including phenoxy) is 1. The van der Waals surface area contributed by atoms with Crippen molar-refractivity contribution < 1.29 is 14.6 Å². The predicted molar refractivity (Wildman–Crippen MR) is 90.2 cm³/mol. The lowest BCUT2D eigenvalue weighted by Crippen LogP contribution is -2.27. The monoisotopic (exact) mass is 369 g/mol. The molecular weight excluding hydrogens is 346 g/mol. The fraction of sp³-hybridized carbons (Fsp3) is 0.588. The maximum Gasteiger partial charge on any atom is 0.303 e. The van der Waals surface area contributed by atoms with Crippen molar-refractivity contribution in [1.82, 2.24) is 4.90 Å². The van der Waals surface area contributed by atoms with Crippen molar-refractivity contribution in [2.75, 3.05) is 13.2 Å². The molecule has 1 N–H and O–H groups in total. The molecule has 122 valence electrons. The maximum atomic E-state index is 10.6. The average molecular weight is 370 g/mol. The van der Waals surface area contributed by atoms with Gasteiger partial charge >= 0.3 is 5.97 Å². The Hall–Kier alpha value is -1.07. The quantitative estimate of drug-likeness (QED) is 0.631. The Bertz CT molecular complexity index is 503. The van der Waals surface area contributed by atoms with Gasteiger partial charge in [-0.2, -0.15) is 0 Å². The summed E-state index contributed by atoms with van der Waals surface area (Å²) < 4.78 is 6.79. The number of hydrogen-bond acceptors (Lipinski definition) is 3. The number of nitrogens with zero attached hydrogens (tertiary/aromatic N) is 1. The molecule has 1 aliphatic carbocycles. The number of halogens is 1. The van der Waals surface area contributed by atoms with Gasteiger partial charge in [0.05, 0.1) is 6.61 Å². The van der Waals surface area contributed by atoms with Crippen LogP contribution in [0.1, 0.15) is 44.6 Å². The van der Waals surface area contributed by atoms with Crippen LogP contribution in [0.2, 0.25) is 0 Å². The summed E-state index contributed by atoms with van der Waals surface area (Å²) in [5.74, 6) is 0.241. The molecule has 0 spiro atoms. The van der Waals surface area contributed by atoms with E-state index in [-0.39, 0.29) is 6.42 Å². The smallest absolute Gasteiger partial charge is 0.303 e. The Morgan fingerprint density at radius 1 is 1.41 bits per heavy atom. The molecule has 0 radical (unpaired) electrons. The highest BCUT2D eigenvalue weighted by Gasteiger charge is 2.29. The van der Waals surface area contributed by atoms with Crippen LogP contribution in [0.3, 0.4) is 0 Å². The van der Waals surface area contributed by atoms with Gasteiger partial charge in [0, 0.05) is 29.0 Å². The van der Waals surface area contributed by atoms with Gasteiger partial charge < -0.3 is 9.84 Å². The van der Waals surface area contributed by atoms with Crippen LogP contribution in [-0.2, 0) is 11.3 Å². The summed E-state index contributed by atoms with van der Waals surface area (Å²) in [4.78, 5) is 13.1. The molecule has 22 heavy (non-hydrogen) atoms. The minimum absolute atomic E-state index is 0.263. The van der Waals surface area contributed by atoms with E-state index in [1.165, 1.54) is 18.4 Å². The summed E-state index contributed by atoms with van der Waals surface area (Å²) in [5.41, 5.74) is 1.20. The fourth-order valence-electron chi connectivity index (χ4n) is 2.61. The first-order valence-electron chi connectivity index (χ1n) is 7.97. The van der Waals surface area contributed by atoms with Gasteiger partial charge in [-0.25, -0.2) is 0 Å². The second-order valence-electron chi connectivity index (χ2n) is 5.74. The molecule has 0 saturated heterocycles. The Labute approximate surface area is 140 Å². The van der Waals surface area contributed by atoms with Crippen LogP contribution in [0.5, 0.6) is 5.75 Å². The van der Waals surface area contributed by atoms with Crippen LogP contribution in [0.25, 0.3) is 0 Å². The second kappa shape index (κ2) is 8.53. The Kier molecular flexibility index (Phi) is 6.70. The highest BCUT2D eigenvalue weighted by atomic mass is 79.9. The predicted octanol–water partition coefficient (Wildman–Crippen LogP) is 4.07. The number of aliphatic carboxylic acids is 1. The molecular formula is C17H24BrNO3. The van der Waals surface area contributed by atoms with Crippen molar-refractivity contribution >= 4 is 21.9 Å². The number of hydrogen-bond donors (Lipinski definition) is 1. The van der Waals surface area contributed by atoms with Gasteiger partial charge in [0.25, 0.3) is 0 Å². The van der Waals surface area contributed by atoms with Gasteiger partial charge in [-0.05, 0) is 57.4 Å². The third-order valence-electron chi connectivity index (χ3n) is 3.85. The molecule has 4 nitrogen and oxygen atoms in total. The fourth-order valence-corrected chi connectivity index (χ4v) is 3.02. The molecule has 0 atom stereocenters. The summed E-state index contributed by atoms with van der Waals surface area (Å²) in [6, 6.07) is 6.79. The molecule has 0 unspecified atom stereocenters. The normalized spacial score (nSPS) is 14.3. The Balaban J connectivity index is 1.95. The first kappa shape index (κ1) is 17.3. The van der Waals surface area contributed by atoms with Crippen LogP contribution in [0, 0.1) is 0 Å². The molecule has 2 rings (SSSR count). The van der Waals surface area contributed by atoms with E-state index in [1.54, 1.807) is 0 Å². The molecule has 5 heteroatoms. The van der Waals surface area contributed by atoms with Crippen molar-refractivity contribution in [2.45, 2.75) is 51.6 Å². The molecule has 1 aliphatic rings. The SMILES string of the molecule is CCOc1ccc(Br)cc1CN(CCCCC(=O)O)C1CC1. The summed E-state index contributed by atoms with van der Waals surface area (Å²) in [6.45, 7) is 4.48. The van der Waals surface area contributed by atoms with E-state index in [2.05, 4.69) is 26.9 Å². The van der Waals surface area contributed by atoms with Gasteiger partial charge in [-0.1, -0.05) is 15.9 Å². The van der Waals surface area contributed by atoms with E-state index < -0.39 is 5.97 Å². The van der Waals surface area contributed by atoms with Crippen LogP contribution in [0.15, 0.2) is 22.7 Å². The molecule has 0 aliphatic heterocycles. The van der Waals surface area contributed by atoms with Crippen molar-refractivity contribution in [1.29, 1.82) is 0 Å². The highest BCUT2D eigenvalue weighted by molar-refractivity contribution is 9.10. The van der Waals surface area contributed by atoms with Gasteiger partial charge in [-0.3, -0.25) is 9.69 Å². The highest BCUT2D eigenvalue weighted by Crippen LogP contribution is 2.31. The van der Waals surface area contributed by atoms with Crippen molar-refractivity contribution in [3.05, 3.63) is 28.2 Å². The third-order valence-corrected chi connectivity index (χ3v) is 4.34. The lowest BCUT2D eigenvalue weighted by Gasteiger charge is -2.23. The number of rotatable bonds is 10. The number of carboxylic acids is 1. The minimum atomic E-state index is -0.705. The molecule has 1 saturated carbocycles. The van der Waals surface area contributed by atoms with E-state index >= 15 is 0 Å². The minimum Gasteiger partial charge on any atom is -0.494 e. The summed E-state index contributed by atoms with van der Waals surface area (Å²) in [7, 11) is 0. The van der Waals surface area contributed by atoms with Crippen molar-refractivity contribution in [3.63, 3.8) is 0 Å². The van der Waals surface area contributed by atoms with Crippen LogP contribution in [-0.4, -0.2) is 35.2 Å². The standard InChI is InChI=1S/C17H24BrNO3/c1-2-22-16-9-6-14(18)11-13(16)12-19(15-7-8-15)10-4-3-5-17(20)21/h6,9,11,15H,2-5,7-8,10,12H2,1H3,(H,20,21). The van der Waals surface area contributed by atoms with Crippen LogP contribution >= 0.6 is 15.9 Å². The van der Waals surface area contributed by atoms with Gasteiger partial charge in [0.2, 0.25) is 0 Å². The topological polar surface area (TPSA) is 49.8 Å². The van der Waals surface area contributed by atoms with E-state index in [0.29, 0.717) is 12.6 Å². The van der Waals surface area contributed by atoms with Crippen LogP contribution in [0.4, 0.5) is 0 Å². The van der Waals surface area contributed by atoms with E-state index in [9.17, 15) is 4.79 Å². The number of unbranched alkanes of at least 4 members (excludes halogenated alkanes) is 1. The first-order chi connectivity index (χ1) is 10.6. The Morgan fingerprint density at radius 2 is 2.18 bits per heavy atom. The number of carboxylic acid groups (broad SMARTS) is 1. The van der Waals surface area contributed by atoms with Gasteiger partial charge in [-0.15, -0.1) is 0 Å². The molecule has 0 bridgehead atoms. The molecule has 1 aromatic rings. The average Bonchev–Trinajstić information content (AvgIpc) is 3.29. The van der Waals surface area contributed by atoms with Crippen molar-refractivity contribution in [3.8, 4) is 5.75 Å². The first-order valence-corrected chi connectivity index (χ1v) is 8.76. The van der Waals surface area contributed by atoms with Gasteiger partial charge in [0.1, 0.15) is 5.75 Å². The summed E-state index contributed by atoms with van der Waals surface area (Å²) in [5, 5.41) is 8.73. The second-order valence-corrected chi connectivity index (χ2v) is 6.65. The largest absolute Gasteiger partial charge is 0.494 e. The van der Waals surface area contributed by atoms with Crippen LogP contribution < -0.4 is 4.74 Å². The van der Waals surface area contributed by atoms with E-state index in [1.807, 2.05) is 19.1 Å². The summed E-state index contributed by atoms with van der Waals surface area (Å²) in [6.07, 6.45) is 4.43. The van der Waals surface area contributed by atoms with E-state index in [4.69, 9.17) is 9.84 Å². The summed E-state index contributed by atoms with van der Waals surface area (Å²) >= 11 is 3.53. The van der Waals surface area contributed by atoms with Gasteiger partial charge in [0.15, 0.2) is 0 Å². The number of carbonyl (C=O) groups is 1. The zero-order chi connectivity index (χ0) is 15.9. The Morgan fingerprint density at radius 3 is 2.82 bits per heavy atom. The lowest BCUT2D eigenvalue weighted by atomic mass is 10.1. The zero-order valence-corrected chi connectivity index (χ0v) is 14.6.